The second kappa shape index (κ2) is 6.53. The van der Waals surface area contributed by atoms with Crippen molar-refractivity contribution in [2.45, 2.75) is 25.8 Å². The van der Waals surface area contributed by atoms with Gasteiger partial charge in [0.05, 0.1) is 5.69 Å². The summed E-state index contributed by atoms with van der Waals surface area (Å²) in [5, 5.41) is 0. The first-order chi connectivity index (χ1) is 9.15. The number of halogens is 1. The number of hydrogen-bond donors (Lipinski definition) is 0. The molecule has 1 atom stereocenters. The molecule has 0 spiro atoms. The zero-order chi connectivity index (χ0) is 13.8. The monoisotopic (exact) mass is 324 g/mol. The van der Waals surface area contributed by atoms with Crippen molar-refractivity contribution in [3.63, 3.8) is 0 Å². The molecule has 1 aromatic carbocycles. The molecule has 0 saturated carbocycles. The fraction of sp³-hybridized carbons (Fsp3) is 0.533. The van der Waals surface area contributed by atoms with Crippen LogP contribution in [0.25, 0.3) is 0 Å². The van der Waals surface area contributed by atoms with E-state index in [1.807, 2.05) is 12.1 Å². The molecule has 0 N–H and O–H groups in total. The zero-order valence-electron chi connectivity index (χ0n) is 11.6. The average Bonchev–Trinajstić information content (AvgIpc) is 2.60. The third-order valence-electron chi connectivity index (χ3n) is 3.79. The Bertz CT molecular complexity index is 450. The minimum Gasteiger partial charge on any atom is -0.366 e. The van der Waals surface area contributed by atoms with E-state index in [1.54, 1.807) is 0 Å². The van der Waals surface area contributed by atoms with Crippen LogP contribution in [0.4, 0.5) is 5.69 Å². The lowest BCUT2D eigenvalue weighted by Gasteiger charge is -2.33. The molecule has 104 valence electrons. The summed E-state index contributed by atoms with van der Waals surface area (Å²) < 4.78 is 1.01. The van der Waals surface area contributed by atoms with Gasteiger partial charge in [-0.15, -0.1) is 0 Å². The lowest BCUT2D eigenvalue weighted by molar-refractivity contribution is 0.112. The molecule has 1 aliphatic heterocycles. The van der Waals surface area contributed by atoms with Gasteiger partial charge in [0.2, 0.25) is 0 Å². The summed E-state index contributed by atoms with van der Waals surface area (Å²) >= 11 is 3.61. The van der Waals surface area contributed by atoms with Crippen molar-refractivity contribution in [3.05, 3.63) is 28.2 Å². The topological polar surface area (TPSA) is 23.6 Å². The number of benzene rings is 1. The van der Waals surface area contributed by atoms with Crippen LogP contribution in [-0.2, 0) is 0 Å². The van der Waals surface area contributed by atoms with Gasteiger partial charge in [0.15, 0.2) is 0 Å². The van der Waals surface area contributed by atoms with Gasteiger partial charge in [-0.25, -0.2) is 0 Å². The molecule has 1 aromatic rings. The van der Waals surface area contributed by atoms with Crippen LogP contribution in [0.5, 0.6) is 0 Å². The van der Waals surface area contributed by atoms with Gasteiger partial charge in [-0.1, -0.05) is 6.92 Å². The van der Waals surface area contributed by atoms with E-state index < -0.39 is 0 Å². The summed E-state index contributed by atoms with van der Waals surface area (Å²) in [6.07, 6.45) is 3.20. The van der Waals surface area contributed by atoms with E-state index in [0.717, 1.165) is 42.4 Å². The summed E-state index contributed by atoms with van der Waals surface area (Å²) in [6.45, 7) is 5.56. The molecular weight excluding hydrogens is 304 g/mol. The zero-order valence-corrected chi connectivity index (χ0v) is 13.2. The highest BCUT2D eigenvalue weighted by Gasteiger charge is 2.23. The Morgan fingerprint density at radius 1 is 1.42 bits per heavy atom. The van der Waals surface area contributed by atoms with Crippen molar-refractivity contribution in [1.82, 2.24) is 4.90 Å². The maximum Gasteiger partial charge on any atom is 0.150 e. The Labute approximate surface area is 123 Å². The van der Waals surface area contributed by atoms with Gasteiger partial charge in [0.1, 0.15) is 6.29 Å². The maximum atomic E-state index is 10.8. The molecule has 0 aromatic heterocycles. The number of hydrogen-bond acceptors (Lipinski definition) is 3. The van der Waals surface area contributed by atoms with Gasteiger partial charge in [-0.05, 0) is 60.6 Å². The molecule has 1 aliphatic rings. The number of carbonyl (C=O) groups is 1. The Morgan fingerprint density at radius 3 is 2.84 bits per heavy atom. The molecule has 0 aliphatic carbocycles. The van der Waals surface area contributed by atoms with E-state index >= 15 is 0 Å². The molecule has 0 radical (unpaired) electrons. The predicted octanol–water partition coefficient (Wildman–Crippen LogP) is 3.18. The summed E-state index contributed by atoms with van der Waals surface area (Å²) in [5.41, 5.74) is 1.92. The largest absolute Gasteiger partial charge is 0.366 e. The van der Waals surface area contributed by atoms with Gasteiger partial charge in [0.25, 0.3) is 0 Å². The second-order valence-electron chi connectivity index (χ2n) is 5.20. The normalized spacial score (nSPS) is 21.2. The van der Waals surface area contributed by atoms with Crippen molar-refractivity contribution in [3.8, 4) is 0 Å². The number of anilines is 1. The molecule has 3 nitrogen and oxygen atoms in total. The summed E-state index contributed by atoms with van der Waals surface area (Å²) in [4.78, 5) is 15.7. The third kappa shape index (κ3) is 3.37. The SMILES string of the molecule is CCC1CN(C)CCCN1c1ccc(C=O)cc1Br. The number of nitrogens with zero attached hydrogens (tertiary/aromatic N) is 2. The molecule has 1 saturated heterocycles. The van der Waals surface area contributed by atoms with E-state index in [9.17, 15) is 4.79 Å². The fourth-order valence-corrected chi connectivity index (χ4v) is 3.36. The average molecular weight is 325 g/mol. The first-order valence-electron chi connectivity index (χ1n) is 6.85. The van der Waals surface area contributed by atoms with Crippen molar-refractivity contribution < 1.29 is 4.79 Å². The molecule has 1 unspecified atom stereocenters. The van der Waals surface area contributed by atoms with Crippen LogP contribution in [0, 0.1) is 0 Å². The van der Waals surface area contributed by atoms with E-state index in [-0.39, 0.29) is 0 Å². The van der Waals surface area contributed by atoms with Crippen LogP contribution in [0.15, 0.2) is 22.7 Å². The Balaban J connectivity index is 2.29. The lowest BCUT2D eigenvalue weighted by atomic mass is 10.1. The number of likely N-dealkylation sites (N-methyl/N-ethyl adjacent to an activating group) is 1. The highest BCUT2D eigenvalue weighted by molar-refractivity contribution is 9.10. The number of carbonyl (C=O) groups excluding carboxylic acids is 1. The molecule has 0 bridgehead atoms. The number of aldehydes is 1. The lowest BCUT2D eigenvalue weighted by Crippen LogP contribution is -2.40. The van der Waals surface area contributed by atoms with Crippen LogP contribution in [0.3, 0.4) is 0 Å². The minimum atomic E-state index is 0.533. The van der Waals surface area contributed by atoms with Crippen molar-refractivity contribution >= 4 is 27.9 Å². The van der Waals surface area contributed by atoms with Crippen LogP contribution in [0.2, 0.25) is 0 Å². The smallest absolute Gasteiger partial charge is 0.150 e. The molecule has 1 fully saturated rings. The highest BCUT2D eigenvalue weighted by atomic mass is 79.9. The van der Waals surface area contributed by atoms with Crippen molar-refractivity contribution in [2.24, 2.45) is 0 Å². The Hall–Kier alpha value is -0.870. The van der Waals surface area contributed by atoms with Gasteiger partial charge in [0, 0.05) is 29.2 Å². The first kappa shape index (κ1) is 14.5. The number of rotatable bonds is 3. The standard InChI is InChI=1S/C15H21BrN2O/c1-3-13-10-17(2)7-4-8-18(13)15-6-5-12(11-19)9-14(15)16/h5-6,9,11,13H,3-4,7-8,10H2,1-2H3. The second-order valence-corrected chi connectivity index (χ2v) is 6.05. The third-order valence-corrected chi connectivity index (χ3v) is 4.43. The summed E-state index contributed by atoms with van der Waals surface area (Å²) in [6, 6.07) is 6.39. The Morgan fingerprint density at radius 2 is 2.21 bits per heavy atom. The van der Waals surface area contributed by atoms with E-state index in [0.29, 0.717) is 6.04 Å². The molecule has 2 rings (SSSR count). The molecule has 1 heterocycles. The van der Waals surface area contributed by atoms with Crippen LogP contribution < -0.4 is 4.90 Å². The van der Waals surface area contributed by atoms with E-state index in [2.05, 4.69) is 45.8 Å². The maximum absolute atomic E-state index is 10.8. The molecule has 19 heavy (non-hydrogen) atoms. The minimum absolute atomic E-state index is 0.533. The Kier molecular flexibility index (Phi) is 4.99. The van der Waals surface area contributed by atoms with Crippen molar-refractivity contribution in [2.75, 3.05) is 31.6 Å². The predicted molar refractivity (Wildman–Crippen MR) is 83.1 cm³/mol. The fourth-order valence-electron chi connectivity index (χ4n) is 2.74. The molecule has 4 heteroatoms. The highest BCUT2D eigenvalue weighted by Crippen LogP contribution is 2.30. The van der Waals surface area contributed by atoms with Crippen molar-refractivity contribution in [1.29, 1.82) is 0 Å². The summed E-state index contributed by atoms with van der Waals surface area (Å²) in [5.74, 6) is 0. The van der Waals surface area contributed by atoms with Gasteiger partial charge >= 0.3 is 0 Å². The molecule has 0 amide bonds. The summed E-state index contributed by atoms with van der Waals surface area (Å²) in [7, 11) is 2.19. The van der Waals surface area contributed by atoms with Gasteiger partial charge in [-0.3, -0.25) is 4.79 Å². The van der Waals surface area contributed by atoms with Crippen LogP contribution in [-0.4, -0.2) is 43.9 Å². The van der Waals surface area contributed by atoms with Crippen LogP contribution in [0.1, 0.15) is 30.1 Å². The van der Waals surface area contributed by atoms with E-state index in [4.69, 9.17) is 0 Å². The quantitative estimate of drug-likeness (QED) is 0.798. The van der Waals surface area contributed by atoms with E-state index in [1.165, 1.54) is 12.1 Å². The van der Waals surface area contributed by atoms with Gasteiger partial charge < -0.3 is 9.80 Å². The first-order valence-corrected chi connectivity index (χ1v) is 7.65. The molecular formula is C15H21BrN2O. The van der Waals surface area contributed by atoms with Gasteiger partial charge in [-0.2, -0.15) is 0 Å². The van der Waals surface area contributed by atoms with Crippen LogP contribution >= 0.6 is 15.9 Å².